The van der Waals surface area contributed by atoms with Crippen LogP contribution in [0.3, 0.4) is 0 Å². The normalized spacial score (nSPS) is 28.6. The van der Waals surface area contributed by atoms with Crippen LogP contribution in [0.25, 0.3) is 0 Å². The van der Waals surface area contributed by atoms with E-state index < -0.39 is 0 Å². The Balaban J connectivity index is 2.63. The van der Waals surface area contributed by atoms with Crippen molar-refractivity contribution in [1.29, 1.82) is 0 Å². The monoisotopic (exact) mass is 296 g/mol. The van der Waals surface area contributed by atoms with Gasteiger partial charge in [-0.3, -0.25) is 4.79 Å². The molecule has 0 bridgehead atoms. The van der Waals surface area contributed by atoms with Crippen LogP contribution in [0.4, 0.5) is 0 Å². The molecular weight excluding hydrogens is 260 g/mol. The SMILES string of the molecule is CCC(C)CC(C(=O)OC1CC(CC)CC1CC)C(C)C. The lowest BCUT2D eigenvalue weighted by molar-refractivity contribution is -0.158. The summed E-state index contributed by atoms with van der Waals surface area (Å²) in [5.41, 5.74) is 0. The van der Waals surface area contributed by atoms with Gasteiger partial charge >= 0.3 is 5.97 Å². The number of ether oxygens (including phenoxy) is 1. The number of esters is 1. The van der Waals surface area contributed by atoms with Gasteiger partial charge in [0.05, 0.1) is 5.92 Å². The lowest BCUT2D eigenvalue weighted by Crippen LogP contribution is -2.30. The molecule has 2 nitrogen and oxygen atoms in total. The van der Waals surface area contributed by atoms with E-state index in [9.17, 15) is 4.79 Å². The van der Waals surface area contributed by atoms with Gasteiger partial charge in [0.15, 0.2) is 0 Å². The van der Waals surface area contributed by atoms with Gasteiger partial charge in [-0.05, 0) is 49.4 Å². The average molecular weight is 296 g/mol. The minimum absolute atomic E-state index is 0.0607. The van der Waals surface area contributed by atoms with Gasteiger partial charge in [-0.15, -0.1) is 0 Å². The van der Waals surface area contributed by atoms with Crippen LogP contribution in [0.2, 0.25) is 0 Å². The van der Waals surface area contributed by atoms with Crippen molar-refractivity contribution < 1.29 is 9.53 Å². The zero-order valence-corrected chi connectivity index (χ0v) is 15.0. The molecular formula is C19H36O2. The summed E-state index contributed by atoms with van der Waals surface area (Å²) in [6, 6.07) is 0. The Labute approximate surface area is 132 Å². The first-order valence-corrected chi connectivity index (χ1v) is 9.13. The Kier molecular flexibility index (Phi) is 7.76. The molecule has 1 rings (SSSR count). The molecule has 5 unspecified atom stereocenters. The van der Waals surface area contributed by atoms with Crippen LogP contribution in [0.15, 0.2) is 0 Å². The molecule has 0 aromatic rings. The van der Waals surface area contributed by atoms with Crippen LogP contribution in [0.1, 0.15) is 80.1 Å². The average Bonchev–Trinajstić information content (AvgIpc) is 2.85. The van der Waals surface area contributed by atoms with Crippen molar-refractivity contribution >= 4 is 5.97 Å². The van der Waals surface area contributed by atoms with E-state index in [-0.39, 0.29) is 18.0 Å². The number of carbonyl (C=O) groups is 1. The first-order chi connectivity index (χ1) is 9.92. The first-order valence-electron chi connectivity index (χ1n) is 9.13. The number of carbonyl (C=O) groups excluding carboxylic acids is 1. The van der Waals surface area contributed by atoms with Gasteiger partial charge in [0.1, 0.15) is 6.10 Å². The maximum Gasteiger partial charge on any atom is 0.309 e. The molecule has 1 fully saturated rings. The van der Waals surface area contributed by atoms with Crippen molar-refractivity contribution in [3.8, 4) is 0 Å². The van der Waals surface area contributed by atoms with Crippen molar-refractivity contribution in [3.05, 3.63) is 0 Å². The summed E-state index contributed by atoms with van der Waals surface area (Å²) in [6.45, 7) is 13.2. The molecule has 0 aromatic carbocycles. The Morgan fingerprint density at radius 2 is 1.76 bits per heavy atom. The van der Waals surface area contributed by atoms with Crippen LogP contribution < -0.4 is 0 Å². The molecule has 1 aliphatic carbocycles. The summed E-state index contributed by atoms with van der Waals surface area (Å²) < 4.78 is 5.98. The minimum atomic E-state index is 0.0607. The van der Waals surface area contributed by atoms with Crippen molar-refractivity contribution in [2.45, 2.75) is 86.2 Å². The van der Waals surface area contributed by atoms with E-state index in [1.165, 1.54) is 12.8 Å². The maximum absolute atomic E-state index is 12.6. The molecule has 0 aromatic heterocycles. The third-order valence-electron chi connectivity index (χ3n) is 5.56. The Hall–Kier alpha value is -0.530. The Bertz CT molecular complexity index is 311. The highest BCUT2D eigenvalue weighted by molar-refractivity contribution is 5.73. The largest absolute Gasteiger partial charge is 0.462 e. The Morgan fingerprint density at radius 3 is 2.24 bits per heavy atom. The maximum atomic E-state index is 12.6. The van der Waals surface area contributed by atoms with Gasteiger partial charge in [-0.25, -0.2) is 0 Å². The summed E-state index contributed by atoms with van der Waals surface area (Å²) in [7, 11) is 0. The highest BCUT2D eigenvalue weighted by Gasteiger charge is 2.36. The number of hydrogen-bond donors (Lipinski definition) is 0. The van der Waals surface area contributed by atoms with E-state index in [1.807, 2.05) is 0 Å². The fraction of sp³-hybridized carbons (Fsp3) is 0.947. The quantitative estimate of drug-likeness (QED) is 0.556. The zero-order chi connectivity index (χ0) is 16.0. The van der Waals surface area contributed by atoms with Crippen LogP contribution in [0.5, 0.6) is 0 Å². The molecule has 0 N–H and O–H groups in total. The summed E-state index contributed by atoms with van der Waals surface area (Å²) in [5, 5.41) is 0. The molecule has 1 saturated carbocycles. The Morgan fingerprint density at radius 1 is 1.10 bits per heavy atom. The number of rotatable bonds is 8. The smallest absolute Gasteiger partial charge is 0.309 e. The fourth-order valence-electron chi connectivity index (χ4n) is 3.58. The summed E-state index contributed by atoms with van der Waals surface area (Å²) >= 11 is 0. The van der Waals surface area contributed by atoms with Crippen LogP contribution in [-0.2, 0) is 9.53 Å². The second-order valence-electron chi connectivity index (χ2n) is 7.49. The van der Waals surface area contributed by atoms with E-state index in [1.54, 1.807) is 0 Å². The molecule has 2 heteroatoms. The lowest BCUT2D eigenvalue weighted by Gasteiger charge is -2.26. The molecule has 0 saturated heterocycles. The second kappa shape index (κ2) is 8.80. The molecule has 0 radical (unpaired) electrons. The van der Waals surface area contributed by atoms with Crippen molar-refractivity contribution in [1.82, 2.24) is 0 Å². The van der Waals surface area contributed by atoms with Crippen LogP contribution in [0, 0.1) is 29.6 Å². The molecule has 5 atom stereocenters. The highest BCUT2D eigenvalue weighted by Crippen LogP contribution is 2.38. The predicted molar refractivity (Wildman–Crippen MR) is 89.1 cm³/mol. The third kappa shape index (κ3) is 5.30. The summed E-state index contributed by atoms with van der Waals surface area (Å²) in [6.07, 6.45) is 6.93. The summed E-state index contributed by atoms with van der Waals surface area (Å²) in [4.78, 5) is 12.6. The van der Waals surface area contributed by atoms with E-state index >= 15 is 0 Å². The van der Waals surface area contributed by atoms with Crippen LogP contribution >= 0.6 is 0 Å². The lowest BCUT2D eigenvalue weighted by atomic mass is 9.86. The highest BCUT2D eigenvalue weighted by atomic mass is 16.5. The van der Waals surface area contributed by atoms with Crippen LogP contribution in [-0.4, -0.2) is 12.1 Å². The van der Waals surface area contributed by atoms with E-state index in [0.29, 0.717) is 17.8 Å². The third-order valence-corrected chi connectivity index (χ3v) is 5.56. The van der Waals surface area contributed by atoms with Gasteiger partial charge in [0.25, 0.3) is 0 Å². The predicted octanol–water partition coefficient (Wildman–Crippen LogP) is 5.45. The van der Waals surface area contributed by atoms with E-state index in [2.05, 4.69) is 41.5 Å². The molecule has 21 heavy (non-hydrogen) atoms. The van der Waals surface area contributed by atoms with Gasteiger partial charge < -0.3 is 4.74 Å². The molecule has 0 amide bonds. The van der Waals surface area contributed by atoms with Gasteiger partial charge in [0, 0.05) is 0 Å². The van der Waals surface area contributed by atoms with Gasteiger partial charge in [-0.1, -0.05) is 54.4 Å². The summed E-state index contributed by atoms with van der Waals surface area (Å²) in [5.74, 6) is 2.42. The van der Waals surface area contributed by atoms with Crippen molar-refractivity contribution in [2.24, 2.45) is 29.6 Å². The van der Waals surface area contributed by atoms with E-state index in [4.69, 9.17) is 4.74 Å². The molecule has 124 valence electrons. The zero-order valence-electron chi connectivity index (χ0n) is 15.0. The first kappa shape index (κ1) is 18.5. The van der Waals surface area contributed by atoms with Gasteiger partial charge in [0.2, 0.25) is 0 Å². The van der Waals surface area contributed by atoms with Crippen molar-refractivity contribution in [2.75, 3.05) is 0 Å². The molecule has 1 aliphatic rings. The number of hydrogen-bond acceptors (Lipinski definition) is 2. The second-order valence-corrected chi connectivity index (χ2v) is 7.49. The minimum Gasteiger partial charge on any atom is -0.462 e. The molecule has 0 aliphatic heterocycles. The molecule has 0 heterocycles. The standard InChI is InChI=1S/C19H36O2/c1-7-14(6)10-17(13(4)5)19(20)21-18-12-15(8-2)11-16(18)9-3/h13-18H,7-12H2,1-6H3. The van der Waals surface area contributed by atoms with Gasteiger partial charge in [-0.2, -0.15) is 0 Å². The van der Waals surface area contributed by atoms with Crippen molar-refractivity contribution in [3.63, 3.8) is 0 Å². The fourth-order valence-corrected chi connectivity index (χ4v) is 3.58. The molecule has 0 spiro atoms. The van der Waals surface area contributed by atoms with E-state index in [0.717, 1.165) is 31.6 Å². The topological polar surface area (TPSA) is 26.3 Å².